The number of H-pyrrole nitrogens is 1. The first-order valence-corrected chi connectivity index (χ1v) is 10.1. The zero-order chi connectivity index (χ0) is 21.2. The standard InChI is InChI=1S/C24H20FN5O/c25-18-8-6-16(7-9-18)21-5-1-4-19(27-21)14-30-12-10-22-20(15-30)24(31)29-23(28-22)17-3-2-11-26-13-17/h1-9,11,13H,10,12,14-15H2,(H,28,29,31). The van der Waals surface area contributed by atoms with Crippen LogP contribution in [0.2, 0.25) is 0 Å². The van der Waals surface area contributed by atoms with Gasteiger partial charge in [-0.25, -0.2) is 9.37 Å². The Morgan fingerprint density at radius 2 is 1.87 bits per heavy atom. The lowest BCUT2D eigenvalue weighted by atomic mass is 10.1. The predicted octanol–water partition coefficient (Wildman–Crippen LogP) is 3.59. The quantitative estimate of drug-likeness (QED) is 0.553. The third-order valence-electron chi connectivity index (χ3n) is 5.42. The van der Waals surface area contributed by atoms with Gasteiger partial charge in [-0.1, -0.05) is 6.07 Å². The Kier molecular flexibility index (Phi) is 5.09. The summed E-state index contributed by atoms with van der Waals surface area (Å²) < 4.78 is 13.2. The first-order valence-electron chi connectivity index (χ1n) is 10.1. The third kappa shape index (κ3) is 4.13. The number of hydrogen-bond acceptors (Lipinski definition) is 5. The summed E-state index contributed by atoms with van der Waals surface area (Å²) in [4.78, 5) is 31.3. The van der Waals surface area contributed by atoms with Crippen LogP contribution in [0.3, 0.4) is 0 Å². The van der Waals surface area contributed by atoms with Crippen LogP contribution in [0.25, 0.3) is 22.6 Å². The van der Waals surface area contributed by atoms with E-state index in [9.17, 15) is 9.18 Å². The summed E-state index contributed by atoms with van der Waals surface area (Å²) in [5, 5.41) is 0. The fourth-order valence-corrected chi connectivity index (χ4v) is 3.83. The minimum absolute atomic E-state index is 0.110. The molecular weight excluding hydrogens is 393 g/mol. The molecule has 31 heavy (non-hydrogen) atoms. The molecule has 1 aromatic carbocycles. The van der Waals surface area contributed by atoms with Crippen molar-refractivity contribution in [2.45, 2.75) is 19.5 Å². The molecule has 0 radical (unpaired) electrons. The molecule has 0 aliphatic carbocycles. The minimum atomic E-state index is -0.266. The molecule has 0 amide bonds. The summed E-state index contributed by atoms with van der Waals surface area (Å²) in [6.07, 6.45) is 4.08. The lowest BCUT2D eigenvalue weighted by Crippen LogP contribution is -2.35. The summed E-state index contributed by atoms with van der Waals surface area (Å²) in [5.74, 6) is 0.288. The fraction of sp³-hybridized carbons (Fsp3) is 0.167. The average molecular weight is 413 g/mol. The van der Waals surface area contributed by atoms with Crippen LogP contribution in [-0.2, 0) is 19.5 Å². The van der Waals surface area contributed by atoms with Gasteiger partial charge in [0.25, 0.3) is 5.56 Å². The van der Waals surface area contributed by atoms with Gasteiger partial charge in [0, 0.05) is 49.6 Å². The fourth-order valence-electron chi connectivity index (χ4n) is 3.83. The Morgan fingerprint density at radius 1 is 1.00 bits per heavy atom. The molecule has 4 aromatic rings. The molecule has 0 bridgehead atoms. The highest BCUT2D eigenvalue weighted by molar-refractivity contribution is 5.59. The van der Waals surface area contributed by atoms with E-state index in [0.29, 0.717) is 30.9 Å². The molecule has 0 fully saturated rings. The maximum atomic E-state index is 13.2. The Labute approximate surface area is 178 Å². The van der Waals surface area contributed by atoms with Crippen LogP contribution in [-0.4, -0.2) is 31.4 Å². The van der Waals surface area contributed by atoms with Gasteiger partial charge in [-0.2, -0.15) is 0 Å². The monoisotopic (exact) mass is 413 g/mol. The molecule has 0 unspecified atom stereocenters. The van der Waals surface area contributed by atoms with Crippen molar-refractivity contribution in [1.29, 1.82) is 0 Å². The Balaban J connectivity index is 1.35. The summed E-state index contributed by atoms with van der Waals surface area (Å²) in [6.45, 7) is 1.93. The van der Waals surface area contributed by atoms with E-state index >= 15 is 0 Å². The molecule has 5 rings (SSSR count). The largest absolute Gasteiger partial charge is 0.306 e. The molecule has 6 nitrogen and oxygen atoms in total. The van der Waals surface area contributed by atoms with Crippen molar-refractivity contribution in [1.82, 2.24) is 24.8 Å². The van der Waals surface area contributed by atoms with Crippen molar-refractivity contribution in [3.63, 3.8) is 0 Å². The van der Waals surface area contributed by atoms with Crippen LogP contribution in [0.5, 0.6) is 0 Å². The van der Waals surface area contributed by atoms with Gasteiger partial charge < -0.3 is 4.98 Å². The third-order valence-corrected chi connectivity index (χ3v) is 5.42. The molecule has 0 atom stereocenters. The summed E-state index contributed by atoms with van der Waals surface area (Å²) >= 11 is 0. The molecule has 154 valence electrons. The topological polar surface area (TPSA) is 74.8 Å². The number of nitrogens with zero attached hydrogens (tertiary/aromatic N) is 4. The molecule has 1 aliphatic heterocycles. The minimum Gasteiger partial charge on any atom is -0.306 e. The number of halogens is 1. The molecule has 1 aliphatic rings. The second kappa shape index (κ2) is 8.20. The van der Waals surface area contributed by atoms with Crippen LogP contribution in [0.4, 0.5) is 4.39 Å². The highest BCUT2D eigenvalue weighted by Gasteiger charge is 2.22. The van der Waals surface area contributed by atoms with Crippen LogP contribution in [0, 0.1) is 5.82 Å². The maximum absolute atomic E-state index is 13.2. The van der Waals surface area contributed by atoms with Crippen molar-refractivity contribution in [3.05, 3.63) is 100 Å². The Hall–Kier alpha value is -3.71. The van der Waals surface area contributed by atoms with Crippen LogP contribution < -0.4 is 5.56 Å². The highest BCUT2D eigenvalue weighted by atomic mass is 19.1. The number of pyridine rings is 2. The van der Waals surface area contributed by atoms with E-state index < -0.39 is 0 Å². The van der Waals surface area contributed by atoms with Gasteiger partial charge in [-0.05, 0) is 48.5 Å². The van der Waals surface area contributed by atoms with Gasteiger partial charge in [-0.3, -0.25) is 19.7 Å². The van der Waals surface area contributed by atoms with E-state index in [1.807, 2.05) is 30.3 Å². The molecule has 0 spiro atoms. The summed E-state index contributed by atoms with van der Waals surface area (Å²) in [6, 6.07) is 15.9. The second-order valence-electron chi connectivity index (χ2n) is 7.56. The number of fused-ring (bicyclic) bond motifs is 1. The van der Waals surface area contributed by atoms with E-state index in [-0.39, 0.29) is 11.4 Å². The number of nitrogens with one attached hydrogen (secondary N) is 1. The maximum Gasteiger partial charge on any atom is 0.255 e. The van der Waals surface area contributed by atoms with Crippen molar-refractivity contribution in [2.75, 3.05) is 6.54 Å². The first-order chi connectivity index (χ1) is 15.2. The predicted molar refractivity (Wildman–Crippen MR) is 116 cm³/mol. The molecule has 0 saturated carbocycles. The van der Waals surface area contributed by atoms with Crippen LogP contribution >= 0.6 is 0 Å². The number of aromatic amines is 1. The number of rotatable bonds is 4. The van der Waals surface area contributed by atoms with E-state index in [4.69, 9.17) is 4.98 Å². The van der Waals surface area contributed by atoms with Crippen molar-refractivity contribution < 1.29 is 4.39 Å². The van der Waals surface area contributed by atoms with Gasteiger partial charge in [0.05, 0.1) is 22.6 Å². The van der Waals surface area contributed by atoms with Gasteiger partial charge in [-0.15, -0.1) is 0 Å². The Morgan fingerprint density at radius 3 is 2.68 bits per heavy atom. The van der Waals surface area contributed by atoms with E-state index in [1.54, 1.807) is 24.5 Å². The SMILES string of the molecule is O=c1[nH]c(-c2cccnc2)nc2c1CN(Cc1cccc(-c3ccc(F)cc3)n1)CC2. The smallest absolute Gasteiger partial charge is 0.255 e. The zero-order valence-electron chi connectivity index (χ0n) is 16.8. The molecule has 0 saturated heterocycles. The highest BCUT2D eigenvalue weighted by Crippen LogP contribution is 2.21. The average Bonchev–Trinajstić information content (AvgIpc) is 2.81. The number of hydrogen-bond donors (Lipinski definition) is 1. The van der Waals surface area contributed by atoms with Crippen LogP contribution in [0.15, 0.2) is 71.8 Å². The van der Waals surface area contributed by atoms with Gasteiger partial charge >= 0.3 is 0 Å². The van der Waals surface area contributed by atoms with Gasteiger partial charge in [0.1, 0.15) is 11.6 Å². The second-order valence-corrected chi connectivity index (χ2v) is 7.56. The summed E-state index contributed by atoms with van der Waals surface area (Å²) in [5.41, 5.74) is 4.81. The van der Waals surface area contributed by atoms with Crippen LogP contribution in [0.1, 0.15) is 17.0 Å². The van der Waals surface area contributed by atoms with E-state index in [1.165, 1.54) is 12.1 Å². The normalized spacial score (nSPS) is 13.7. The lowest BCUT2D eigenvalue weighted by Gasteiger charge is -2.27. The number of benzene rings is 1. The molecule has 7 heteroatoms. The van der Waals surface area contributed by atoms with Gasteiger partial charge in [0.15, 0.2) is 0 Å². The van der Waals surface area contributed by atoms with Crippen molar-refractivity contribution in [2.24, 2.45) is 0 Å². The zero-order valence-corrected chi connectivity index (χ0v) is 16.8. The summed E-state index contributed by atoms with van der Waals surface area (Å²) in [7, 11) is 0. The van der Waals surface area contributed by atoms with Crippen molar-refractivity contribution >= 4 is 0 Å². The molecule has 3 aromatic heterocycles. The molecule has 1 N–H and O–H groups in total. The van der Waals surface area contributed by atoms with E-state index in [0.717, 1.165) is 34.8 Å². The van der Waals surface area contributed by atoms with E-state index in [2.05, 4.69) is 19.9 Å². The lowest BCUT2D eigenvalue weighted by molar-refractivity contribution is 0.239. The first kappa shape index (κ1) is 19.3. The molecular formula is C24H20FN5O. The van der Waals surface area contributed by atoms with Gasteiger partial charge in [0.2, 0.25) is 0 Å². The Bertz CT molecular complexity index is 1270. The number of aromatic nitrogens is 4. The molecule has 4 heterocycles. The van der Waals surface area contributed by atoms with Crippen molar-refractivity contribution in [3.8, 4) is 22.6 Å².